The SMILES string of the molecule is CC(C)N(Cc1ccc(Cl)c(Cl)c1)C(=O)c1cccs1. The third-order valence-corrected chi connectivity index (χ3v) is 4.55. The Morgan fingerprint density at radius 1 is 1.25 bits per heavy atom. The lowest BCUT2D eigenvalue weighted by molar-refractivity contribution is 0.0695. The molecule has 0 N–H and O–H groups in total. The summed E-state index contributed by atoms with van der Waals surface area (Å²) in [5, 5.41) is 2.94. The molecule has 0 fully saturated rings. The highest BCUT2D eigenvalue weighted by Crippen LogP contribution is 2.24. The van der Waals surface area contributed by atoms with Gasteiger partial charge in [0.15, 0.2) is 0 Å². The van der Waals surface area contributed by atoms with Gasteiger partial charge in [-0.05, 0) is 43.0 Å². The molecule has 0 atom stereocenters. The fourth-order valence-electron chi connectivity index (χ4n) is 1.87. The highest BCUT2D eigenvalue weighted by atomic mass is 35.5. The maximum absolute atomic E-state index is 12.5. The van der Waals surface area contributed by atoms with Crippen LogP contribution in [0.4, 0.5) is 0 Å². The van der Waals surface area contributed by atoms with E-state index in [0.717, 1.165) is 10.4 Å². The Hall–Kier alpha value is -1.03. The predicted octanol–water partition coefficient (Wildman–Crippen LogP) is 5.11. The van der Waals surface area contributed by atoms with Gasteiger partial charge in [0.25, 0.3) is 5.91 Å². The quantitative estimate of drug-likeness (QED) is 0.764. The normalized spacial score (nSPS) is 10.8. The van der Waals surface area contributed by atoms with E-state index in [1.54, 1.807) is 12.1 Å². The second-order valence-corrected chi connectivity index (χ2v) is 6.51. The van der Waals surface area contributed by atoms with Gasteiger partial charge < -0.3 is 4.90 Å². The van der Waals surface area contributed by atoms with Crippen LogP contribution in [-0.4, -0.2) is 16.8 Å². The van der Waals surface area contributed by atoms with Crippen molar-refractivity contribution in [3.05, 3.63) is 56.2 Å². The van der Waals surface area contributed by atoms with Crippen molar-refractivity contribution in [1.29, 1.82) is 0 Å². The van der Waals surface area contributed by atoms with Gasteiger partial charge in [-0.1, -0.05) is 35.3 Å². The molecule has 20 heavy (non-hydrogen) atoms. The van der Waals surface area contributed by atoms with Crippen LogP contribution in [0, 0.1) is 0 Å². The molecule has 0 aliphatic heterocycles. The third-order valence-electron chi connectivity index (χ3n) is 2.95. The summed E-state index contributed by atoms with van der Waals surface area (Å²) in [4.78, 5) is 15.1. The minimum Gasteiger partial charge on any atom is -0.331 e. The van der Waals surface area contributed by atoms with E-state index in [9.17, 15) is 4.79 Å². The molecular formula is C15H15Cl2NOS. The van der Waals surface area contributed by atoms with Crippen LogP contribution in [0.5, 0.6) is 0 Å². The van der Waals surface area contributed by atoms with Crippen molar-refractivity contribution in [2.45, 2.75) is 26.4 Å². The van der Waals surface area contributed by atoms with E-state index in [-0.39, 0.29) is 11.9 Å². The number of rotatable bonds is 4. The fraction of sp³-hybridized carbons (Fsp3) is 0.267. The number of thiophene rings is 1. The highest BCUT2D eigenvalue weighted by Gasteiger charge is 2.20. The van der Waals surface area contributed by atoms with Gasteiger partial charge in [0.1, 0.15) is 0 Å². The van der Waals surface area contributed by atoms with Crippen molar-refractivity contribution in [3.8, 4) is 0 Å². The van der Waals surface area contributed by atoms with E-state index in [1.807, 2.05) is 42.3 Å². The summed E-state index contributed by atoms with van der Waals surface area (Å²) in [5.41, 5.74) is 0.970. The van der Waals surface area contributed by atoms with Gasteiger partial charge in [-0.2, -0.15) is 0 Å². The van der Waals surface area contributed by atoms with Crippen LogP contribution < -0.4 is 0 Å². The van der Waals surface area contributed by atoms with Crippen LogP contribution in [0.3, 0.4) is 0 Å². The molecule has 0 spiro atoms. The lowest BCUT2D eigenvalue weighted by Crippen LogP contribution is -2.35. The summed E-state index contributed by atoms with van der Waals surface area (Å²) in [6.07, 6.45) is 0. The first kappa shape index (κ1) is 15.4. The van der Waals surface area contributed by atoms with Crippen LogP contribution in [0.1, 0.15) is 29.1 Å². The molecule has 1 aromatic heterocycles. The first-order chi connectivity index (χ1) is 9.49. The standard InChI is InChI=1S/C15H15Cl2NOS/c1-10(2)18(15(19)14-4-3-7-20-14)9-11-5-6-12(16)13(17)8-11/h3-8,10H,9H2,1-2H3. The van der Waals surface area contributed by atoms with Gasteiger partial charge in [0, 0.05) is 12.6 Å². The molecule has 0 saturated heterocycles. The minimum atomic E-state index is 0.0427. The number of hydrogen-bond acceptors (Lipinski definition) is 2. The largest absolute Gasteiger partial charge is 0.331 e. The first-order valence-corrected chi connectivity index (χ1v) is 7.91. The molecule has 106 valence electrons. The van der Waals surface area contributed by atoms with E-state index in [1.165, 1.54) is 11.3 Å². The Kier molecular flexibility index (Phi) is 5.08. The number of halogens is 2. The van der Waals surface area contributed by atoms with Crippen molar-refractivity contribution in [2.75, 3.05) is 0 Å². The van der Waals surface area contributed by atoms with Gasteiger partial charge in [-0.3, -0.25) is 4.79 Å². The summed E-state index contributed by atoms with van der Waals surface area (Å²) >= 11 is 13.4. The zero-order valence-corrected chi connectivity index (χ0v) is 13.6. The molecule has 1 heterocycles. The number of amides is 1. The molecule has 2 nitrogen and oxygen atoms in total. The Bertz CT molecular complexity index is 596. The van der Waals surface area contributed by atoms with Crippen LogP contribution in [0.2, 0.25) is 10.0 Å². The molecule has 2 rings (SSSR count). The monoisotopic (exact) mass is 327 g/mol. The van der Waals surface area contributed by atoms with E-state index >= 15 is 0 Å². The van der Waals surface area contributed by atoms with Crippen LogP contribution in [-0.2, 0) is 6.54 Å². The van der Waals surface area contributed by atoms with Gasteiger partial charge >= 0.3 is 0 Å². The summed E-state index contributed by atoms with van der Waals surface area (Å²) < 4.78 is 0. The van der Waals surface area contributed by atoms with Crippen molar-refractivity contribution >= 4 is 40.4 Å². The lowest BCUT2D eigenvalue weighted by Gasteiger charge is -2.26. The average Bonchev–Trinajstić information content (AvgIpc) is 2.93. The molecule has 5 heteroatoms. The molecule has 0 radical (unpaired) electrons. The van der Waals surface area contributed by atoms with E-state index in [0.29, 0.717) is 16.6 Å². The first-order valence-electron chi connectivity index (χ1n) is 6.27. The van der Waals surface area contributed by atoms with Crippen molar-refractivity contribution in [1.82, 2.24) is 4.90 Å². The zero-order chi connectivity index (χ0) is 14.7. The molecule has 0 aliphatic carbocycles. The Balaban J connectivity index is 2.21. The molecule has 1 aromatic carbocycles. The van der Waals surface area contributed by atoms with Crippen LogP contribution >= 0.6 is 34.5 Å². The smallest absolute Gasteiger partial charge is 0.264 e. The molecule has 0 aliphatic rings. The van der Waals surface area contributed by atoms with E-state index in [4.69, 9.17) is 23.2 Å². The predicted molar refractivity (Wildman–Crippen MR) is 85.8 cm³/mol. The topological polar surface area (TPSA) is 20.3 Å². The van der Waals surface area contributed by atoms with Crippen LogP contribution in [0.15, 0.2) is 35.7 Å². The molecule has 1 amide bonds. The highest BCUT2D eigenvalue weighted by molar-refractivity contribution is 7.12. The number of carbonyl (C=O) groups excluding carboxylic acids is 1. The average molecular weight is 328 g/mol. The van der Waals surface area contributed by atoms with Crippen LogP contribution in [0.25, 0.3) is 0 Å². The van der Waals surface area contributed by atoms with Gasteiger partial charge in [-0.15, -0.1) is 11.3 Å². The molecular weight excluding hydrogens is 313 g/mol. The number of nitrogens with zero attached hydrogens (tertiary/aromatic N) is 1. The second-order valence-electron chi connectivity index (χ2n) is 4.75. The molecule has 0 saturated carbocycles. The number of hydrogen-bond donors (Lipinski definition) is 0. The Morgan fingerprint density at radius 3 is 2.55 bits per heavy atom. The fourth-order valence-corrected chi connectivity index (χ4v) is 2.86. The zero-order valence-electron chi connectivity index (χ0n) is 11.3. The maximum Gasteiger partial charge on any atom is 0.264 e. The minimum absolute atomic E-state index is 0.0427. The molecule has 2 aromatic rings. The van der Waals surface area contributed by atoms with Crippen molar-refractivity contribution < 1.29 is 4.79 Å². The van der Waals surface area contributed by atoms with Gasteiger partial charge in [-0.25, -0.2) is 0 Å². The Morgan fingerprint density at radius 2 is 2.00 bits per heavy atom. The van der Waals surface area contributed by atoms with E-state index in [2.05, 4.69) is 0 Å². The Labute approximate surface area is 132 Å². The third kappa shape index (κ3) is 3.54. The van der Waals surface area contributed by atoms with Crippen molar-refractivity contribution in [2.24, 2.45) is 0 Å². The second kappa shape index (κ2) is 6.61. The number of carbonyl (C=O) groups is 1. The summed E-state index contributed by atoms with van der Waals surface area (Å²) in [7, 11) is 0. The van der Waals surface area contributed by atoms with Gasteiger partial charge in [0.2, 0.25) is 0 Å². The summed E-state index contributed by atoms with van der Waals surface area (Å²) in [6.45, 7) is 4.53. The molecule has 0 bridgehead atoms. The van der Waals surface area contributed by atoms with Gasteiger partial charge in [0.05, 0.1) is 14.9 Å². The summed E-state index contributed by atoms with van der Waals surface area (Å²) in [5.74, 6) is 0.0427. The van der Waals surface area contributed by atoms with Crippen molar-refractivity contribution in [3.63, 3.8) is 0 Å². The number of benzene rings is 1. The maximum atomic E-state index is 12.5. The van der Waals surface area contributed by atoms with E-state index < -0.39 is 0 Å². The lowest BCUT2D eigenvalue weighted by atomic mass is 10.2. The molecule has 0 unspecified atom stereocenters. The summed E-state index contributed by atoms with van der Waals surface area (Å²) in [6, 6.07) is 9.30.